The van der Waals surface area contributed by atoms with Gasteiger partial charge in [0.15, 0.2) is 0 Å². The summed E-state index contributed by atoms with van der Waals surface area (Å²) in [5.41, 5.74) is 3.65. The summed E-state index contributed by atoms with van der Waals surface area (Å²) >= 11 is 11.9. The van der Waals surface area contributed by atoms with E-state index in [9.17, 15) is 8.42 Å². The van der Waals surface area contributed by atoms with E-state index in [2.05, 4.69) is 16.9 Å². The van der Waals surface area contributed by atoms with Crippen molar-refractivity contribution in [2.24, 2.45) is 0 Å². The van der Waals surface area contributed by atoms with Gasteiger partial charge in [0.05, 0.1) is 5.02 Å². The van der Waals surface area contributed by atoms with Gasteiger partial charge in [0.25, 0.3) is 0 Å². The lowest BCUT2D eigenvalue weighted by Crippen LogP contribution is -2.27. The van der Waals surface area contributed by atoms with Crippen molar-refractivity contribution in [1.82, 2.24) is 4.72 Å². The van der Waals surface area contributed by atoms with Crippen LogP contribution in [0.15, 0.2) is 41.3 Å². The summed E-state index contributed by atoms with van der Waals surface area (Å²) < 4.78 is 27.9. The predicted molar refractivity (Wildman–Crippen MR) is 98.3 cm³/mol. The maximum absolute atomic E-state index is 12.6. The molecule has 0 fully saturated rings. The summed E-state index contributed by atoms with van der Waals surface area (Å²) in [7, 11) is -3.75. The fourth-order valence-electron chi connectivity index (χ4n) is 3.07. The summed E-state index contributed by atoms with van der Waals surface area (Å²) in [5.74, 6) is 0. The number of halogens is 2. The van der Waals surface area contributed by atoms with Gasteiger partial charge in [-0.25, -0.2) is 13.1 Å². The second kappa shape index (κ2) is 7.04. The molecule has 0 saturated heterocycles. The van der Waals surface area contributed by atoms with Gasteiger partial charge >= 0.3 is 0 Å². The largest absolute Gasteiger partial charge is 0.242 e. The Morgan fingerprint density at radius 2 is 1.71 bits per heavy atom. The summed E-state index contributed by atoms with van der Waals surface area (Å²) in [6, 6.07) is 10.3. The third-order valence-electron chi connectivity index (χ3n) is 4.39. The van der Waals surface area contributed by atoms with Gasteiger partial charge in [-0.05, 0) is 67.5 Å². The first kappa shape index (κ1) is 17.7. The van der Waals surface area contributed by atoms with Crippen LogP contribution in [-0.4, -0.2) is 8.42 Å². The van der Waals surface area contributed by atoms with Gasteiger partial charge in [-0.3, -0.25) is 0 Å². The van der Waals surface area contributed by atoms with Crippen LogP contribution in [0.3, 0.4) is 0 Å². The fraction of sp³-hybridized carbons (Fsp3) is 0.333. The summed E-state index contributed by atoms with van der Waals surface area (Å²) in [6.07, 6.45) is 4.58. The molecule has 128 valence electrons. The molecule has 0 bridgehead atoms. The zero-order valence-corrected chi connectivity index (χ0v) is 15.7. The van der Waals surface area contributed by atoms with E-state index in [1.807, 2.05) is 13.0 Å². The first-order valence-corrected chi connectivity index (χ1v) is 10.2. The molecule has 0 heterocycles. The fourth-order valence-corrected chi connectivity index (χ4v) is 5.06. The number of rotatable bonds is 4. The number of aryl methyl sites for hydroxylation is 2. The highest BCUT2D eigenvalue weighted by molar-refractivity contribution is 7.89. The SMILES string of the molecule is CC(NS(=O)(=O)c1cc(Cl)ccc1Cl)c1ccc2c(c1)CCCC2. The van der Waals surface area contributed by atoms with E-state index in [0.29, 0.717) is 5.02 Å². The van der Waals surface area contributed by atoms with Crippen molar-refractivity contribution < 1.29 is 8.42 Å². The van der Waals surface area contributed by atoms with Crippen LogP contribution in [0.25, 0.3) is 0 Å². The molecule has 24 heavy (non-hydrogen) atoms. The molecule has 3 nitrogen and oxygen atoms in total. The topological polar surface area (TPSA) is 46.2 Å². The van der Waals surface area contributed by atoms with Crippen LogP contribution >= 0.6 is 23.2 Å². The molecule has 0 saturated carbocycles. The normalized spacial score (nSPS) is 15.8. The molecular formula is C18H19Cl2NO2S. The van der Waals surface area contributed by atoms with Crippen molar-refractivity contribution in [3.05, 3.63) is 63.1 Å². The minimum atomic E-state index is -3.75. The Bertz CT molecular complexity index is 865. The highest BCUT2D eigenvalue weighted by Gasteiger charge is 2.22. The standard InChI is InChI=1S/C18H19Cl2NO2S/c1-12(14-7-6-13-4-2-3-5-15(13)10-14)21-24(22,23)18-11-16(19)8-9-17(18)20/h6-12,21H,2-5H2,1H3. The van der Waals surface area contributed by atoms with E-state index in [4.69, 9.17) is 23.2 Å². The van der Waals surface area contributed by atoms with Gasteiger partial charge in [0, 0.05) is 11.1 Å². The van der Waals surface area contributed by atoms with Crippen LogP contribution in [0, 0.1) is 0 Å². The molecule has 0 radical (unpaired) electrons. The second-order valence-electron chi connectivity index (χ2n) is 6.15. The third-order valence-corrected chi connectivity index (χ3v) is 6.64. The van der Waals surface area contributed by atoms with Gasteiger partial charge in [0.1, 0.15) is 4.90 Å². The van der Waals surface area contributed by atoms with Crippen LogP contribution < -0.4 is 4.72 Å². The number of hydrogen-bond donors (Lipinski definition) is 1. The van der Waals surface area contributed by atoms with Crippen molar-refractivity contribution in [3.8, 4) is 0 Å². The quantitative estimate of drug-likeness (QED) is 0.814. The van der Waals surface area contributed by atoms with Crippen LogP contribution in [0.4, 0.5) is 0 Å². The Morgan fingerprint density at radius 1 is 1.00 bits per heavy atom. The minimum absolute atomic E-state index is 0.00137. The van der Waals surface area contributed by atoms with Crippen molar-refractivity contribution in [3.63, 3.8) is 0 Å². The molecule has 2 aromatic rings. The van der Waals surface area contributed by atoms with E-state index < -0.39 is 10.0 Å². The zero-order chi connectivity index (χ0) is 17.3. The maximum atomic E-state index is 12.6. The molecule has 1 atom stereocenters. The predicted octanol–water partition coefficient (Wildman–Crippen LogP) is 4.91. The average molecular weight is 384 g/mol. The molecule has 0 aromatic heterocycles. The van der Waals surface area contributed by atoms with Crippen LogP contribution in [0.2, 0.25) is 10.0 Å². The van der Waals surface area contributed by atoms with Gasteiger partial charge in [-0.2, -0.15) is 0 Å². The van der Waals surface area contributed by atoms with E-state index in [-0.39, 0.29) is 16.0 Å². The van der Waals surface area contributed by atoms with Crippen molar-refractivity contribution in [1.29, 1.82) is 0 Å². The minimum Gasteiger partial charge on any atom is -0.207 e. The molecular weight excluding hydrogens is 365 g/mol. The molecule has 1 aliphatic rings. The highest BCUT2D eigenvalue weighted by Crippen LogP contribution is 2.28. The first-order valence-electron chi connectivity index (χ1n) is 7.96. The lowest BCUT2D eigenvalue weighted by Gasteiger charge is -2.20. The van der Waals surface area contributed by atoms with Gasteiger partial charge in [-0.15, -0.1) is 0 Å². The van der Waals surface area contributed by atoms with Gasteiger partial charge in [-0.1, -0.05) is 41.4 Å². The van der Waals surface area contributed by atoms with E-state index in [1.165, 1.54) is 36.1 Å². The van der Waals surface area contributed by atoms with Crippen LogP contribution in [0.5, 0.6) is 0 Å². The molecule has 1 N–H and O–H groups in total. The summed E-state index contributed by atoms with van der Waals surface area (Å²) in [5, 5.41) is 0.491. The average Bonchev–Trinajstić information content (AvgIpc) is 2.56. The molecule has 1 unspecified atom stereocenters. The number of nitrogens with one attached hydrogen (secondary N) is 1. The highest BCUT2D eigenvalue weighted by atomic mass is 35.5. The Hall–Kier alpha value is -1.07. The Balaban J connectivity index is 1.86. The lowest BCUT2D eigenvalue weighted by molar-refractivity contribution is 0.566. The Labute approximate surface area is 153 Å². The van der Waals surface area contributed by atoms with Crippen molar-refractivity contribution >= 4 is 33.2 Å². The van der Waals surface area contributed by atoms with Crippen LogP contribution in [-0.2, 0) is 22.9 Å². The third kappa shape index (κ3) is 3.77. The molecule has 2 aromatic carbocycles. The molecule has 0 spiro atoms. The number of sulfonamides is 1. The van der Waals surface area contributed by atoms with E-state index in [1.54, 1.807) is 6.07 Å². The lowest BCUT2D eigenvalue weighted by atomic mass is 9.89. The van der Waals surface area contributed by atoms with Gasteiger partial charge < -0.3 is 0 Å². The van der Waals surface area contributed by atoms with Crippen molar-refractivity contribution in [2.45, 2.75) is 43.5 Å². The Kier molecular flexibility index (Phi) is 5.21. The van der Waals surface area contributed by atoms with E-state index >= 15 is 0 Å². The maximum Gasteiger partial charge on any atom is 0.242 e. The monoisotopic (exact) mass is 383 g/mol. The summed E-state index contributed by atoms with van der Waals surface area (Å²) in [4.78, 5) is 0.00137. The molecule has 6 heteroatoms. The second-order valence-corrected chi connectivity index (χ2v) is 8.68. The zero-order valence-electron chi connectivity index (χ0n) is 13.4. The summed E-state index contributed by atoms with van der Waals surface area (Å²) in [6.45, 7) is 1.83. The molecule has 0 amide bonds. The molecule has 1 aliphatic carbocycles. The van der Waals surface area contributed by atoms with Crippen molar-refractivity contribution in [2.75, 3.05) is 0 Å². The molecule has 3 rings (SSSR count). The van der Waals surface area contributed by atoms with Crippen LogP contribution in [0.1, 0.15) is 42.5 Å². The smallest absolute Gasteiger partial charge is 0.207 e. The number of benzene rings is 2. The Morgan fingerprint density at radius 3 is 2.46 bits per heavy atom. The molecule has 0 aliphatic heterocycles. The first-order chi connectivity index (χ1) is 11.4. The number of hydrogen-bond acceptors (Lipinski definition) is 2. The van der Waals surface area contributed by atoms with Gasteiger partial charge in [0.2, 0.25) is 10.0 Å². The van der Waals surface area contributed by atoms with E-state index in [0.717, 1.165) is 18.4 Å². The number of fused-ring (bicyclic) bond motifs is 1.